The molecule has 0 aromatic heterocycles. The van der Waals surface area contributed by atoms with Crippen LogP contribution in [-0.4, -0.2) is 60.2 Å². The van der Waals surface area contributed by atoms with Crippen molar-refractivity contribution in [3.05, 3.63) is 0 Å². The van der Waals surface area contributed by atoms with Crippen LogP contribution in [0.25, 0.3) is 0 Å². The van der Waals surface area contributed by atoms with E-state index in [4.69, 9.17) is 10.5 Å². The summed E-state index contributed by atoms with van der Waals surface area (Å²) in [6.07, 6.45) is -0.647. The monoisotopic (exact) mass is 192 g/mol. The Hall–Kier alpha value is 0.120. The van der Waals surface area contributed by atoms with Crippen LogP contribution in [0.5, 0.6) is 0 Å². The number of carbonyl (C=O) groups is 2. The fraction of sp³-hybridized carbons (Fsp3) is 0.500. The zero-order valence-corrected chi connectivity index (χ0v) is 7.86. The van der Waals surface area contributed by atoms with E-state index in [9.17, 15) is 9.59 Å². The third kappa shape index (κ3) is 8.02. The van der Waals surface area contributed by atoms with Gasteiger partial charge >= 0.3 is 49.7 Å². The molecule has 0 aliphatic rings. The van der Waals surface area contributed by atoms with E-state index in [2.05, 4.69) is 9.78 Å². The Balaban J connectivity index is -0.000000135. The van der Waals surface area contributed by atoms with Crippen molar-refractivity contribution in [1.82, 2.24) is 0 Å². The van der Waals surface area contributed by atoms with Gasteiger partial charge in [0.15, 0.2) is 0 Å². The quantitative estimate of drug-likeness (QED) is 0.360. The van der Waals surface area contributed by atoms with Crippen molar-refractivity contribution in [2.24, 2.45) is 0 Å². The molecule has 0 radical (unpaired) electrons. The summed E-state index contributed by atoms with van der Waals surface area (Å²) < 4.78 is 0. The van der Waals surface area contributed by atoms with Gasteiger partial charge in [0, 0.05) is 0 Å². The second-order valence-corrected chi connectivity index (χ2v) is 1.43. The van der Waals surface area contributed by atoms with Crippen LogP contribution in [0.2, 0.25) is 0 Å². The smallest absolute Gasteiger partial charge is 1.00 e. The summed E-state index contributed by atoms with van der Waals surface area (Å²) in [5.41, 5.74) is 0. The third-order valence-corrected chi connectivity index (χ3v) is 0.737. The predicted octanol–water partition coefficient (Wildman–Crippen LogP) is -0.357. The van der Waals surface area contributed by atoms with Crippen molar-refractivity contribution in [3.63, 3.8) is 0 Å². The molecule has 0 aliphatic heterocycles. The molecule has 0 heterocycles. The second kappa shape index (κ2) is 8.22. The fourth-order valence-electron chi connectivity index (χ4n) is 0.295. The Kier molecular flexibility index (Phi) is 10.2. The normalized spacial score (nSPS) is 7.82. The van der Waals surface area contributed by atoms with Crippen molar-refractivity contribution in [1.29, 1.82) is 0 Å². The van der Waals surface area contributed by atoms with Gasteiger partial charge in [0.2, 0.25) is 0 Å². The van der Waals surface area contributed by atoms with E-state index in [-0.39, 0.29) is 53.4 Å². The molecule has 0 fully saturated rings. The van der Waals surface area contributed by atoms with Crippen LogP contribution < -0.4 is 0 Å². The first-order valence-electron chi connectivity index (χ1n) is 2.39. The molecule has 0 saturated heterocycles. The molecule has 0 spiro atoms. The van der Waals surface area contributed by atoms with Gasteiger partial charge in [-0.3, -0.25) is 0 Å². The van der Waals surface area contributed by atoms with E-state index >= 15 is 0 Å². The summed E-state index contributed by atoms with van der Waals surface area (Å²) in [6, 6.07) is 0. The zero-order chi connectivity index (χ0) is 7.98. The molecule has 11 heavy (non-hydrogen) atoms. The van der Waals surface area contributed by atoms with Gasteiger partial charge < -0.3 is 12.6 Å². The number of rotatable bonds is 3. The summed E-state index contributed by atoms with van der Waals surface area (Å²) in [5.74, 6) is -1.91. The molecule has 0 aromatic rings. The van der Waals surface area contributed by atoms with Crippen molar-refractivity contribution in [2.75, 3.05) is 0 Å². The Labute approximate surface area is 94.9 Å². The maximum atomic E-state index is 10.1. The minimum absolute atomic E-state index is 0. The topological polar surface area (TPSA) is 93.1 Å². The molecule has 6 nitrogen and oxygen atoms in total. The van der Waals surface area contributed by atoms with Crippen LogP contribution in [0.15, 0.2) is 0 Å². The maximum Gasteiger partial charge on any atom is 2.00 e. The number of hydrogen-bond donors (Lipinski definition) is 2. The molecule has 0 aromatic carbocycles. The van der Waals surface area contributed by atoms with Crippen LogP contribution in [-0.2, 0) is 19.4 Å². The predicted molar refractivity (Wildman–Crippen MR) is 34.7 cm³/mol. The molecule has 62 valence electrons. The van der Waals surface area contributed by atoms with Gasteiger partial charge in [-0.05, 0) is 0 Å². The van der Waals surface area contributed by atoms with E-state index in [0.29, 0.717) is 0 Å². The van der Waals surface area contributed by atoms with Gasteiger partial charge in [-0.1, -0.05) is 0 Å². The van der Waals surface area contributed by atoms with Crippen molar-refractivity contribution >= 4 is 49.7 Å². The minimum Gasteiger partial charge on any atom is -1.00 e. The van der Waals surface area contributed by atoms with Crippen LogP contribution in [0.1, 0.15) is 15.7 Å². The summed E-state index contributed by atoms with van der Waals surface area (Å²) in [7, 11) is 0. The third-order valence-electron chi connectivity index (χ3n) is 0.737. The maximum absolute atomic E-state index is 10.1. The molecule has 0 aliphatic carbocycles. The molecule has 0 saturated carbocycles. The Morgan fingerprint density at radius 3 is 1.55 bits per heavy atom. The summed E-state index contributed by atoms with van der Waals surface area (Å²) >= 11 is 0. The standard InChI is InChI=1S/C4H6O6.Ca.2H/c5-3(9-7)1-2-4(6)10-8;;;/h7-8H,1-2H2;;;/q;+2;2*-1. The Morgan fingerprint density at radius 2 is 1.36 bits per heavy atom. The van der Waals surface area contributed by atoms with Gasteiger partial charge in [0.25, 0.3) is 0 Å². The Morgan fingerprint density at radius 1 is 1.09 bits per heavy atom. The van der Waals surface area contributed by atoms with Crippen molar-refractivity contribution in [3.8, 4) is 0 Å². The van der Waals surface area contributed by atoms with Crippen molar-refractivity contribution < 1.29 is 32.7 Å². The largest absolute Gasteiger partial charge is 2.00 e. The van der Waals surface area contributed by atoms with E-state index in [1.165, 1.54) is 0 Å². The molecule has 2 N–H and O–H groups in total. The van der Waals surface area contributed by atoms with Crippen LogP contribution in [0, 0.1) is 0 Å². The van der Waals surface area contributed by atoms with E-state index in [0.717, 1.165) is 0 Å². The first-order valence-corrected chi connectivity index (χ1v) is 2.39. The first kappa shape index (κ1) is 13.7. The molecule has 0 unspecified atom stereocenters. The molecule has 7 heteroatoms. The van der Waals surface area contributed by atoms with E-state index in [1.54, 1.807) is 0 Å². The molecule has 0 rings (SSSR count). The summed E-state index contributed by atoms with van der Waals surface area (Å²) in [5, 5.41) is 15.3. The molecular weight excluding hydrogens is 184 g/mol. The number of carbonyl (C=O) groups excluding carboxylic acids is 2. The first-order chi connectivity index (χ1) is 4.70. The van der Waals surface area contributed by atoms with Gasteiger partial charge in [0.1, 0.15) is 0 Å². The van der Waals surface area contributed by atoms with Crippen LogP contribution >= 0.6 is 0 Å². The SMILES string of the molecule is O=C(CCC(=O)OO)OO.[Ca+2].[H-].[H-]. The molecule has 0 bridgehead atoms. The van der Waals surface area contributed by atoms with Gasteiger partial charge in [-0.25, -0.2) is 9.59 Å². The summed E-state index contributed by atoms with van der Waals surface area (Å²) in [4.78, 5) is 26.6. The number of hydrogen-bond acceptors (Lipinski definition) is 6. The van der Waals surface area contributed by atoms with Crippen LogP contribution in [0.4, 0.5) is 0 Å². The van der Waals surface area contributed by atoms with Gasteiger partial charge in [0.05, 0.1) is 12.8 Å². The molecule has 0 atom stereocenters. The minimum atomic E-state index is -0.953. The molecule has 0 amide bonds. The van der Waals surface area contributed by atoms with Gasteiger partial charge in [-0.2, -0.15) is 10.5 Å². The summed E-state index contributed by atoms with van der Waals surface area (Å²) in [6.45, 7) is 0. The van der Waals surface area contributed by atoms with E-state index < -0.39 is 11.9 Å². The van der Waals surface area contributed by atoms with Crippen molar-refractivity contribution in [2.45, 2.75) is 12.8 Å². The second-order valence-electron chi connectivity index (χ2n) is 1.43. The van der Waals surface area contributed by atoms with Gasteiger partial charge in [-0.15, -0.1) is 0 Å². The fourth-order valence-corrected chi connectivity index (χ4v) is 0.295. The average molecular weight is 192 g/mol. The molecular formula is C4H8CaO6. The van der Waals surface area contributed by atoms with E-state index in [1.807, 2.05) is 0 Å². The average Bonchev–Trinajstić information content (AvgIpc) is 1.99. The van der Waals surface area contributed by atoms with Crippen LogP contribution in [0.3, 0.4) is 0 Å². The Bertz CT molecular complexity index is 127. The zero-order valence-electron chi connectivity index (χ0n) is 7.65.